The van der Waals surface area contributed by atoms with Crippen LogP contribution < -0.4 is 19.7 Å². The molecule has 1 aromatic carbocycles. The van der Waals surface area contributed by atoms with E-state index in [0.717, 1.165) is 29.9 Å². The highest BCUT2D eigenvalue weighted by Gasteiger charge is 2.34. The SMILES string of the molecule is COCCOC(=O)N1CCN(c2cc(C(C)C)nc(-n3ccnc3)n2)CC1CC(=O)NCCCc1ccc(OC)c(OC)c1. The van der Waals surface area contributed by atoms with Crippen molar-refractivity contribution in [2.75, 3.05) is 65.6 Å². The lowest BCUT2D eigenvalue weighted by Gasteiger charge is -2.41. The molecule has 2 aromatic heterocycles. The fourth-order valence-electron chi connectivity index (χ4n) is 5.01. The predicted molar refractivity (Wildman–Crippen MR) is 165 cm³/mol. The molecule has 0 spiro atoms. The summed E-state index contributed by atoms with van der Waals surface area (Å²) >= 11 is 0. The Morgan fingerprint density at radius 1 is 1.05 bits per heavy atom. The van der Waals surface area contributed by atoms with E-state index in [1.54, 1.807) is 49.5 Å². The summed E-state index contributed by atoms with van der Waals surface area (Å²) in [6.45, 7) is 6.42. The quantitative estimate of drug-likeness (QED) is 0.272. The van der Waals surface area contributed by atoms with Crippen molar-refractivity contribution in [1.29, 1.82) is 0 Å². The number of piperazine rings is 1. The van der Waals surface area contributed by atoms with Gasteiger partial charge >= 0.3 is 6.09 Å². The summed E-state index contributed by atoms with van der Waals surface area (Å²) in [6, 6.07) is 7.37. The van der Waals surface area contributed by atoms with E-state index in [-0.39, 0.29) is 24.9 Å². The molecule has 0 aliphatic carbocycles. The fourth-order valence-corrected chi connectivity index (χ4v) is 5.01. The maximum Gasteiger partial charge on any atom is 0.410 e. The van der Waals surface area contributed by atoms with Crippen molar-refractivity contribution in [2.45, 2.75) is 45.1 Å². The number of imidazole rings is 1. The maximum atomic E-state index is 13.1. The second-order valence-corrected chi connectivity index (χ2v) is 10.8. The molecular formula is C31H43N7O6. The molecule has 1 aliphatic rings. The van der Waals surface area contributed by atoms with E-state index in [4.69, 9.17) is 28.9 Å². The van der Waals surface area contributed by atoms with Gasteiger partial charge in [-0.15, -0.1) is 0 Å². The molecular weight excluding hydrogens is 566 g/mol. The van der Waals surface area contributed by atoms with Crippen LogP contribution in [0.1, 0.15) is 43.9 Å². The number of hydrogen-bond acceptors (Lipinski definition) is 10. The summed E-state index contributed by atoms with van der Waals surface area (Å²) in [6.07, 6.45) is 6.32. The second-order valence-electron chi connectivity index (χ2n) is 10.8. The van der Waals surface area contributed by atoms with E-state index in [0.29, 0.717) is 50.2 Å². The van der Waals surface area contributed by atoms with E-state index in [9.17, 15) is 9.59 Å². The number of rotatable bonds is 14. The standard InChI is InChI=1S/C31H43N7O6/c1-22(2)25-19-28(35-30(34-25)37-12-11-32-21-37)36-13-14-38(31(40)44-16-15-41-3)24(20-36)18-29(39)33-10-6-7-23-8-9-26(42-4)27(17-23)43-5/h8-9,11-12,17,19,21-22,24H,6-7,10,13-16,18,20H2,1-5H3,(H,33,39). The predicted octanol–water partition coefficient (Wildman–Crippen LogP) is 3.22. The van der Waals surface area contributed by atoms with Crippen molar-refractivity contribution in [3.63, 3.8) is 0 Å². The summed E-state index contributed by atoms with van der Waals surface area (Å²) < 4.78 is 22.9. The lowest BCUT2D eigenvalue weighted by atomic mass is 10.1. The zero-order valence-corrected chi connectivity index (χ0v) is 26.2. The van der Waals surface area contributed by atoms with Gasteiger partial charge in [0.2, 0.25) is 11.9 Å². The van der Waals surface area contributed by atoms with Gasteiger partial charge in [-0.2, -0.15) is 4.98 Å². The summed E-state index contributed by atoms with van der Waals surface area (Å²) in [5, 5.41) is 3.02. The third-order valence-corrected chi connectivity index (χ3v) is 7.44. The Balaban J connectivity index is 1.43. The molecule has 13 heteroatoms. The minimum absolute atomic E-state index is 0.128. The highest BCUT2D eigenvalue weighted by atomic mass is 16.6. The number of aryl methyl sites for hydroxylation is 1. The number of carbonyl (C=O) groups is 2. The van der Waals surface area contributed by atoms with Crippen molar-refractivity contribution in [1.82, 2.24) is 29.7 Å². The van der Waals surface area contributed by atoms with E-state index < -0.39 is 12.1 Å². The molecule has 13 nitrogen and oxygen atoms in total. The Morgan fingerprint density at radius 2 is 1.86 bits per heavy atom. The molecule has 4 rings (SSSR count). The molecule has 0 bridgehead atoms. The molecule has 3 aromatic rings. The van der Waals surface area contributed by atoms with Crippen LogP contribution >= 0.6 is 0 Å². The first-order valence-electron chi connectivity index (χ1n) is 14.8. The number of benzene rings is 1. The lowest BCUT2D eigenvalue weighted by Crippen LogP contribution is -2.57. The van der Waals surface area contributed by atoms with Crippen molar-refractivity contribution < 1.29 is 28.5 Å². The van der Waals surface area contributed by atoms with Gasteiger partial charge in [0.15, 0.2) is 11.5 Å². The number of nitrogens with one attached hydrogen (secondary N) is 1. The summed E-state index contributed by atoms with van der Waals surface area (Å²) in [5.41, 5.74) is 1.98. The largest absolute Gasteiger partial charge is 0.493 e. The van der Waals surface area contributed by atoms with Gasteiger partial charge in [0.05, 0.1) is 32.6 Å². The van der Waals surface area contributed by atoms with Crippen LogP contribution in [0, 0.1) is 0 Å². The molecule has 1 atom stereocenters. The highest BCUT2D eigenvalue weighted by molar-refractivity contribution is 5.78. The average molecular weight is 610 g/mol. The van der Waals surface area contributed by atoms with Crippen molar-refractivity contribution >= 4 is 17.8 Å². The number of nitrogens with zero attached hydrogens (tertiary/aromatic N) is 6. The second kappa shape index (κ2) is 15.9. The van der Waals surface area contributed by atoms with Crippen LogP contribution in [0.5, 0.6) is 11.5 Å². The Bertz CT molecular complexity index is 1370. The van der Waals surface area contributed by atoms with Gasteiger partial charge in [-0.05, 0) is 36.5 Å². The zero-order chi connectivity index (χ0) is 31.5. The minimum Gasteiger partial charge on any atom is -0.493 e. The fraction of sp³-hybridized carbons (Fsp3) is 0.516. The monoisotopic (exact) mass is 609 g/mol. The maximum absolute atomic E-state index is 13.1. The topological polar surface area (TPSA) is 133 Å². The van der Waals surface area contributed by atoms with E-state index in [2.05, 4.69) is 29.0 Å². The molecule has 44 heavy (non-hydrogen) atoms. The number of hydrogen-bond donors (Lipinski definition) is 1. The molecule has 0 saturated carbocycles. The van der Waals surface area contributed by atoms with Crippen LogP contribution in [0.3, 0.4) is 0 Å². The normalized spacial score (nSPS) is 14.9. The number of amides is 2. The summed E-state index contributed by atoms with van der Waals surface area (Å²) in [4.78, 5) is 43.5. The summed E-state index contributed by atoms with van der Waals surface area (Å²) in [7, 11) is 4.77. The van der Waals surface area contributed by atoms with Gasteiger partial charge in [0.1, 0.15) is 18.8 Å². The van der Waals surface area contributed by atoms with Crippen molar-refractivity contribution in [3.05, 3.63) is 54.2 Å². The Morgan fingerprint density at radius 3 is 2.57 bits per heavy atom. The van der Waals surface area contributed by atoms with Gasteiger partial charge in [0, 0.05) is 58.2 Å². The molecule has 1 unspecified atom stereocenters. The molecule has 238 valence electrons. The molecule has 1 fully saturated rings. The van der Waals surface area contributed by atoms with Gasteiger partial charge in [0.25, 0.3) is 0 Å². The van der Waals surface area contributed by atoms with Crippen LogP contribution in [0.4, 0.5) is 10.6 Å². The van der Waals surface area contributed by atoms with Crippen LogP contribution in [-0.2, 0) is 20.7 Å². The molecule has 1 aliphatic heterocycles. The lowest BCUT2D eigenvalue weighted by molar-refractivity contribution is -0.122. The molecule has 0 radical (unpaired) electrons. The van der Waals surface area contributed by atoms with E-state index in [1.165, 1.54) is 0 Å². The third kappa shape index (κ3) is 8.59. The third-order valence-electron chi connectivity index (χ3n) is 7.44. The Labute approximate surface area is 258 Å². The minimum atomic E-state index is -0.461. The first-order valence-corrected chi connectivity index (χ1v) is 14.8. The molecule has 2 amide bonds. The smallest absolute Gasteiger partial charge is 0.410 e. The first kappa shape index (κ1) is 32.5. The van der Waals surface area contributed by atoms with Crippen molar-refractivity contribution in [2.24, 2.45) is 0 Å². The van der Waals surface area contributed by atoms with Gasteiger partial charge in [-0.3, -0.25) is 9.36 Å². The molecule has 3 heterocycles. The van der Waals surface area contributed by atoms with Crippen molar-refractivity contribution in [3.8, 4) is 17.4 Å². The Hall–Kier alpha value is -4.39. The highest BCUT2D eigenvalue weighted by Crippen LogP contribution is 2.28. The number of aromatic nitrogens is 4. The average Bonchev–Trinajstić information content (AvgIpc) is 3.58. The molecule has 1 N–H and O–H groups in total. The van der Waals surface area contributed by atoms with Gasteiger partial charge in [-0.1, -0.05) is 19.9 Å². The van der Waals surface area contributed by atoms with Crippen LogP contribution in [0.2, 0.25) is 0 Å². The first-order chi connectivity index (χ1) is 21.3. The number of ether oxygens (including phenoxy) is 4. The number of anilines is 1. The van der Waals surface area contributed by atoms with Gasteiger partial charge in [-0.25, -0.2) is 14.8 Å². The molecule has 1 saturated heterocycles. The van der Waals surface area contributed by atoms with E-state index in [1.807, 2.05) is 24.3 Å². The number of carbonyl (C=O) groups excluding carboxylic acids is 2. The Kier molecular flexibility index (Phi) is 11.8. The van der Waals surface area contributed by atoms with Gasteiger partial charge < -0.3 is 34.1 Å². The zero-order valence-electron chi connectivity index (χ0n) is 26.2. The van der Waals surface area contributed by atoms with Crippen LogP contribution in [-0.4, -0.2) is 103 Å². The van der Waals surface area contributed by atoms with Crippen LogP contribution in [0.15, 0.2) is 43.0 Å². The summed E-state index contributed by atoms with van der Waals surface area (Å²) in [5.74, 6) is 2.65. The van der Waals surface area contributed by atoms with Crippen LogP contribution in [0.25, 0.3) is 5.95 Å². The number of methoxy groups -OCH3 is 3. The van der Waals surface area contributed by atoms with E-state index >= 15 is 0 Å².